The fraction of sp³-hybridized carbons (Fsp3) is 0.432. The number of nitrogens with zero attached hydrogens (tertiary/aromatic N) is 2. The average molecular weight is 922 g/mol. The molecular formula is C44H52F3IrN2O2S-. The third-order valence-corrected chi connectivity index (χ3v) is 10.8. The van der Waals surface area contributed by atoms with E-state index in [1.807, 2.05) is 58.0 Å². The molecule has 3 aromatic carbocycles. The van der Waals surface area contributed by atoms with Gasteiger partial charge in [0.2, 0.25) is 0 Å². The molecule has 2 heterocycles. The first-order valence-corrected chi connectivity index (χ1v) is 19.1. The van der Waals surface area contributed by atoms with E-state index >= 15 is 0 Å². The van der Waals surface area contributed by atoms with Gasteiger partial charge in [-0.25, -0.2) is 4.98 Å². The van der Waals surface area contributed by atoms with E-state index in [0.717, 1.165) is 58.7 Å². The largest absolute Gasteiger partial charge is 0.512 e. The van der Waals surface area contributed by atoms with Crippen LogP contribution in [0.15, 0.2) is 78.0 Å². The molecule has 53 heavy (non-hydrogen) atoms. The number of ketones is 1. The Morgan fingerprint density at radius 3 is 2.13 bits per heavy atom. The van der Waals surface area contributed by atoms with Crippen molar-refractivity contribution in [3.63, 3.8) is 0 Å². The fourth-order valence-corrected chi connectivity index (χ4v) is 7.17. The third-order valence-electron chi connectivity index (χ3n) is 9.87. The Kier molecular flexibility index (Phi) is 15.2. The smallest absolute Gasteiger partial charge is 0.394 e. The minimum atomic E-state index is -4.28. The van der Waals surface area contributed by atoms with Crippen molar-refractivity contribution in [2.24, 2.45) is 17.3 Å². The molecule has 287 valence electrons. The molecule has 0 amide bonds. The molecule has 0 saturated carbocycles. The average Bonchev–Trinajstić information content (AvgIpc) is 3.55. The summed E-state index contributed by atoms with van der Waals surface area (Å²) in [5.41, 5.74) is 2.49. The molecule has 0 spiro atoms. The van der Waals surface area contributed by atoms with Gasteiger partial charge >= 0.3 is 6.18 Å². The van der Waals surface area contributed by atoms with Gasteiger partial charge in [-0.05, 0) is 54.0 Å². The molecule has 0 aliphatic heterocycles. The number of carbonyl (C=O) groups excluding carboxylic acids is 1. The van der Waals surface area contributed by atoms with Crippen molar-refractivity contribution in [2.75, 3.05) is 0 Å². The van der Waals surface area contributed by atoms with Crippen molar-refractivity contribution in [1.29, 1.82) is 0 Å². The van der Waals surface area contributed by atoms with Crippen molar-refractivity contribution < 1.29 is 43.2 Å². The number of aromatic nitrogens is 2. The van der Waals surface area contributed by atoms with Crippen molar-refractivity contribution >= 4 is 38.7 Å². The van der Waals surface area contributed by atoms with E-state index in [0.29, 0.717) is 10.7 Å². The quantitative estimate of drug-likeness (QED) is 0.0814. The van der Waals surface area contributed by atoms with E-state index in [9.17, 15) is 23.1 Å². The molecule has 4 nitrogen and oxygen atoms in total. The Morgan fingerprint density at radius 1 is 0.887 bits per heavy atom. The molecule has 5 rings (SSSR count). The molecule has 9 heteroatoms. The maximum absolute atomic E-state index is 13.3. The number of aliphatic hydroxyl groups excluding tert-OH is 1. The van der Waals surface area contributed by atoms with Crippen molar-refractivity contribution in [3.05, 3.63) is 95.3 Å². The second-order valence-electron chi connectivity index (χ2n) is 15.2. The number of allylic oxidation sites excluding steroid dienone is 2. The maximum atomic E-state index is 13.3. The van der Waals surface area contributed by atoms with Crippen molar-refractivity contribution in [2.45, 2.75) is 106 Å². The molecule has 0 bridgehead atoms. The van der Waals surface area contributed by atoms with Crippen molar-refractivity contribution in [3.8, 4) is 21.8 Å². The number of rotatable bonds is 11. The summed E-state index contributed by atoms with van der Waals surface area (Å²) in [5, 5.41) is 16.4. The van der Waals surface area contributed by atoms with Crippen LogP contribution in [0.3, 0.4) is 0 Å². The van der Waals surface area contributed by atoms with E-state index in [1.165, 1.54) is 42.2 Å². The minimum absolute atomic E-state index is 0. The molecule has 0 fully saturated rings. The van der Waals surface area contributed by atoms with Gasteiger partial charge < -0.3 is 5.11 Å². The molecular weight excluding hydrogens is 870 g/mol. The number of aliphatic hydroxyl groups is 1. The summed E-state index contributed by atoms with van der Waals surface area (Å²) >= 11 is 1.37. The number of fused-ring (bicyclic) bond motifs is 2. The standard InChI is InChI=1S/C31H28F3N2S.C13H24O2.Ir/c1-29(2,3)26-16-22(15-19-8-6-7-9-24(19)26)27-25-11-10-21(14-20(25)12-13-35-27)28-36-23(18-37-28)17-30(4,5)31(32,33)34;1-5-10(6-2)12(14)9-13(15)11(7-3)8-4;/h6-14,16,18H,17H2,1-5H3;9-11,14H,5-8H2,1-4H3;/q-1;;/b;12-9-;. The maximum Gasteiger partial charge on any atom is 0.394 e. The van der Waals surface area contributed by atoms with Gasteiger partial charge in [-0.15, -0.1) is 40.5 Å². The van der Waals surface area contributed by atoms with Crippen LogP contribution in [0.25, 0.3) is 43.4 Å². The third kappa shape index (κ3) is 10.6. The van der Waals surface area contributed by atoms with E-state index in [1.54, 1.807) is 11.6 Å². The molecule has 2 aromatic heterocycles. The van der Waals surface area contributed by atoms with Gasteiger partial charge in [0.1, 0.15) is 5.01 Å². The van der Waals surface area contributed by atoms with E-state index in [2.05, 4.69) is 56.1 Å². The Balaban J connectivity index is 0.000000403. The number of hydrogen-bond acceptors (Lipinski definition) is 5. The van der Waals surface area contributed by atoms with Gasteiger partial charge in [0, 0.05) is 67.3 Å². The number of carbonyl (C=O) groups is 1. The predicted octanol–water partition coefficient (Wildman–Crippen LogP) is 13.3. The van der Waals surface area contributed by atoms with Crippen LogP contribution in [-0.4, -0.2) is 27.0 Å². The van der Waals surface area contributed by atoms with Gasteiger partial charge in [-0.2, -0.15) is 13.2 Å². The van der Waals surface area contributed by atoms with Crippen LogP contribution in [0.4, 0.5) is 13.2 Å². The zero-order chi connectivity index (χ0) is 38.4. The molecule has 0 aliphatic carbocycles. The van der Waals surface area contributed by atoms with Crippen LogP contribution in [-0.2, 0) is 36.7 Å². The number of benzene rings is 3. The van der Waals surface area contributed by atoms with Crippen LogP contribution < -0.4 is 0 Å². The van der Waals surface area contributed by atoms with Crippen LogP contribution in [0.5, 0.6) is 0 Å². The predicted molar refractivity (Wildman–Crippen MR) is 211 cm³/mol. The zero-order valence-corrected chi connectivity index (χ0v) is 35.5. The first kappa shape index (κ1) is 44.0. The monoisotopic (exact) mass is 922 g/mol. The second-order valence-corrected chi connectivity index (χ2v) is 16.0. The topological polar surface area (TPSA) is 63.1 Å². The number of pyridine rings is 1. The van der Waals surface area contributed by atoms with Gasteiger partial charge in [0.05, 0.1) is 16.9 Å². The number of alkyl halides is 3. The number of halogens is 3. The molecule has 0 atom stereocenters. The van der Waals surface area contributed by atoms with Gasteiger partial charge in [0.15, 0.2) is 5.78 Å². The second kappa shape index (κ2) is 18.3. The molecule has 5 aromatic rings. The fourth-order valence-electron chi connectivity index (χ4n) is 6.36. The summed E-state index contributed by atoms with van der Waals surface area (Å²) in [7, 11) is 0. The SMILES string of the molecule is CC(C)(C)c1cc(-c2nccc3cc(-c4nc(CC(C)(C)C(F)(F)F)cs4)ccc23)[c-]c2ccccc12.CCC(CC)C(=O)/C=C(\O)C(CC)CC.[Ir]. The summed E-state index contributed by atoms with van der Waals surface area (Å²) in [6.45, 7) is 17.1. The number of hydrogen-bond donors (Lipinski definition) is 1. The summed E-state index contributed by atoms with van der Waals surface area (Å²) in [4.78, 5) is 21.0. The Labute approximate surface area is 330 Å². The van der Waals surface area contributed by atoms with Crippen molar-refractivity contribution in [1.82, 2.24) is 9.97 Å². The molecule has 1 N–H and O–H groups in total. The van der Waals surface area contributed by atoms with Crippen LogP contribution in [0.2, 0.25) is 0 Å². The summed E-state index contributed by atoms with van der Waals surface area (Å²) < 4.78 is 40.0. The summed E-state index contributed by atoms with van der Waals surface area (Å²) in [6, 6.07) is 22.0. The van der Waals surface area contributed by atoms with Gasteiger partial charge in [-0.3, -0.25) is 9.78 Å². The van der Waals surface area contributed by atoms with E-state index < -0.39 is 11.6 Å². The molecule has 0 aliphatic rings. The van der Waals surface area contributed by atoms with Crippen LogP contribution in [0, 0.1) is 23.3 Å². The molecule has 0 unspecified atom stereocenters. The summed E-state index contributed by atoms with van der Waals surface area (Å²) in [6.07, 6.45) is 2.27. The minimum Gasteiger partial charge on any atom is -0.512 e. The molecule has 1 radical (unpaired) electrons. The van der Waals surface area contributed by atoms with E-state index in [-0.39, 0.29) is 55.3 Å². The zero-order valence-electron chi connectivity index (χ0n) is 32.2. The van der Waals surface area contributed by atoms with Crippen LogP contribution >= 0.6 is 11.3 Å². The molecule has 0 saturated heterocycles. The van der Waals surface area contributed by atoms with Gasteiger partial charge in [0.25, 0.3) is 0 Å². The first-order valence-electron chi connectivity index (χ1n) is 18.2. The van der Waals surface area contributed by atoms with Gasteiger partial charge in [-0.1, -0.05) is 104 Å². The summed E-state index contributed by atoms with van der Waals surface area (Å²) in [5.74, 6) is 0.547. The normalized spacial score (nSPS) is 12.6. The number of thiazole rings is 1. The first-order chi connectivity index (χ1) is 24.4. The Hall–Kier alpha value is -3.39. The van der Waals surface area contributed by atoms with E-state index in [4.69, 9.17) is 4.98 Å². The Bertz CT molecular complexity index is 2020. The Morgan fingerprint density at radius 2 is 1.53 bits per heavy atom. The van der Waals surface area contributed by atoms with Crippen LogP contribution in [0.1, 0.15) is 99.3 Å².